The molecule has 10 nitrogen and oxygen atoms in total. The Kier molecular flexibility index (Phi) is 9.30. The van der Waals surface area contributed by atoms with Crippen molar-refractivity contribution in [1.29, 1.82) is 0 Å². The van der Waals surface area contributed by atoms with Crippen molar-refractivity contribution in [2.75, 3.05) is 11.5 Å². The zero-order valence-corrected chi connectivity index (χ0v) is 18.1. The average molecular weight is 462 g/mol. The third-order valence-electron chi connectivity index (χ3n) is 3.55. The molecular weight excluding hydrogens is 440 g/mol. The van der Waals surface area contributed by atoms with Gasteiger partial charge in [-0.15, -0.1) is 0 Å². The van der Waals surface area contributed by atoms with E-state index in [-0.39, 0.29) is 11.5 Å². The minimum atomic E-state index is -3.65. The summed E-state index contributed by atoms with van der Waals surface area (Å²) in [6, 6.07) is 5.78. The van der Waals surface area contributed by atoms with Crippen LogP contribution >= 0.6 is 0 Å². The fourth-order valence-electron chi connectivity index (χ4n) is 2.28. The Morgan fingerprint density at radius 2 is 0.967 bits per heavy atom. The zero-order chi connectivity index (χ0) is 22.9. The smallest absolute Gasteiger partial charge is 0.314 e. The van der Waals surface area contributed by atoms with Crippen molar-refractivity contribution in [2.45, 2.75) is 38.2 Å². The molecule has 0 aromatic heterocycles. The highest BCUT2D eigenvalue weighted by molar-refractivity contribution is 7.90. The first kappa shape index (κ1) is 25.4. The van der Waals surface area contributed by atoms with E-state index in [4.69, 9.17) is 0 Å². The Balaban J connectivity index is 2.61. The molecule has 0 aliphatic carbocycles. The second kappa shape index (κ2) is 11.0. The fourth-order valence-corrected chi connectivity index (χ4v) is 4.93. The summed E-state index contributed by atoms with van der Waals surface area (Å²) < 4.78 is 56.8. The minimum Gasteiger partial charge on any atom is -0.393 e. The molecule has 12 heteroatoms. The third-order valence-corrected chi connectivity index (χ3v) is 6.74. The van der Waals surface area contributed by atoms with Crippen molar-refractivity contribution in [2.24, 2.45) is 0 Å². The molecule has 0 amide bonds. The SMILES string of the molecule is CC(=O)OC(=O)CCS(=O)(=O)Cc1ccc(CS(=O)(=O)CCC(=O)OC(C)=O)cc1. The van der Waals surface area contributed by atoms with Gasteiger partial charge in [0.25, 0.3) is 0 Å². The second-order valence-corrected chi connectivity index (χ2v) is 10.8. The summed E-state index contributed by atoms with van der Waals surface area (Å²) in [7, 11) is -7.30. The van der Waals surface area contributed by atoms with Gasteiger partial charge >= 0.3 is 23.9 Å². The largest absolute Gasteiger partial charge is 0.393 e. The van der Waals surface area contributed by atoms with Crippen LogP contribution in [0.25, 0.3) is 0 Å². The molecule has 0 saturated heterocycles. The summed E-state index contributed by atoms with van der Waals surface area (Å²) in [6.45, 7) is 2.07. The van der Waals surface area contributed by atoms with Gasteiger partial charge in [0.15, 0.2) is 19.7 Å². The van der Waals surface area contributed by atoms with Crippen molar-refractivity contribution in [3.8, 4) is 0 Å². The third kappa shape index (κ3) is 10.8. The maximum atomic E-state index is 12.1. The van der Waals surface area contributed by atoms with Crippen LogP contribution in [0.15, 0.2) is 24.3 Å². The van der Waals surface area contributed by atoms with Crippen LogP contribution in [-0.4, -0.2) is 52.2 Å². The predicted octanol–water partition coefficient (Wildman–Crippen LogP) is 0.476. The summed E-state index contributed by atoms with van der Waals surface area (Å²) in [5, 5.41) is 0. The number of ether oxygens (including phenoxy) is 2. The number of rotatable bonds is 10. The molecule has 1 aromatic carbocycles. The van der Waals surface area contributed by atoms with Crippen molar-refractivity contribution >= 4 is 43.6 Å². The molecule has 0 unspecified atom stereocenters. The van der Waals surface area contributed by atoms with Crippen molar-refractivity contribution in [3.05, 3.63) is 35.4 Å². The molecule has 0 fully saturated rings. The molecule has 0 radical (unpaired) electrons. The Morgan fingerprint density at radius 3 is 1.23 bits per heavy atom. The Morgan fingerprint density at radius 1 is 0.667 bits per heavy atom. The van der Waals surface area contributed by atoms with Gasteiger partial charge in [-0.3, -0.25) is 19.2 Å². The molecule has 30 heavy (non-hydrogen) atoms. The molecule has 0 bridgehead atoms. The lowest BCUT2D eigenvalue weighted by molar-refractivity contribution is -0.159. The van der Waals surface area contributed by atoms with Gasteiger partial charge in [-0.05, 0) is 11.1 Å². The van der Waals surface area contributed by atoms with E-state index in [1.807, 2.05) is 0 Å². The summed E-state index contributed by atoms with van der Waals surface area (Å²) >= 11 is 0. The van der Waals surface area contributed by atoms with Gasteiger partial charge in [-0.1, -0.05) is 24.3 Å². The first-order valence-electron chi connectivity index (χ1n) is 8.69. The molecule has 166 valence electrons. The summed E-state index contributed by atoms with van der Waals surface area (Å²) in [6.07, 6.45) is -0.908. The second-order valence-electron chi connectivity index (χ2n) is 6.43. The van der Waals surface area contributed by atoms with Crippen LogP contribution < -0.4 is 0 Å². The maximum absolute atomic E-state index is 12.1. The van der Waals surface area contributed by atoms with Crippen LogP contribution in [0.3, 0.4) is 0 Å². The van der Waals surface area contributed by atoms with Gasteiger partial charge in [-0.25, -0.2) is 16.8 Å². The molecule has 1 rings (SSSR count). The number of benzene rings is 1. The summed E-state index contributed by atoms with van der Waals surface area (Å²) in [5.41, 5.74) is 0.780. The number of sulfone groups is 2. The van der Waals surface area contributed by atoms with E-state index < -0.39 is 67.9 Å². The highest BCUT2D eigenvalue weighted by Gasteiger charge is 2.18. The predicted molar refractivity (Wildman–Crippen MR) is 104 cm³/mol. The number of hydrogen-bond acceptors (Lipinski definition) is 10. The average Bonchev–Trinajstić information content (AvgIpc) is 2.59. The van der Waals surface area contributed by atoms with Crippen LogP contribution in [0.5, 0.6) is 0 Å². The van der Waals surface area contributed by atoms with E-state index in [0.29, 0.717) is 11.1 Å². The minimum absolute atomic E-state index is 0.371. The van der Waals surface area contributed by atoms with E-state index in [1.54, 1.807) is 0 Å². The maximum Gasteiger partial charge on any atom is 0.314 e. The molecule has 0 aliphatic rings. The van der Waals surface area contributed by atoms with Crippen LogP contribution in [0.1, 0.15) is 37.8 Å². The Hall–Kier alpha value is -2.60. The van der Waals surface area contributed by atoms with E-state index in [0.717, 1.165) is 13.8 Å². The molecule has 0 heterocycles. The van der Waals surface area contributed by atoms with Gasteiger partial charge in [0.05, 0.1) is 35.9 Å². The van der Waals surface area contributed by atoms with E-state index in [1.165, 1.54) is 24.3 Å². The highest BCUT2D eigenvalue weighted by Crippen LogP contribution is 2.13. The number of esters is 4. The number of carbonyl (C=O) groups is 4. The van der Waals surface area contributed by atoms with Crippen LogP contribution in [-0.2, 0) is 59.8 Å². The van der Waals surface area contributed by atoms with Crippen molar-refractivity contribution in [3.63, 3.8) is 0 Å². The van der Waals surface area contributed by atoms with Gasteiger partial charge in [0, 0.05) is 13.8 Å². The van der Waals surface area contributed by atoms with Crippen molar-refractivity contribution < 1.29 is 45.5 Å². The van der Waals surface area contributed by atoms with Gasteiger partial charge < -0.3 is 9.47 Å². The van der Waals surface area contributed by atoms with E-state index in [9.17, 15) is 36.0 Å². The number of hydrogen-bond donors (Lipinski definition) is 0. The lowest BCUT2D eigenvalue weighted by Gasteiger charge is -2.07. The molecule has 0 saturated carbocycles. The molecule has 1 aromatic rings. The quantitative estimate of drug-likeness (QED) is 0.354. The zero-order valence-electron chi connectivity index (χ0n) is 16.5. The van der Waals surface area contributed by atoms with Gasteiger partial charge in [0.1, 0.15) is 0 Å². The Labute approximate surface area is 174 Å². The monoisotopic (exact) mass is 462 g/mol. The normalized spacial score (nSPS) is 11.5. The molecule has 0 atom stereocenters. The van der Waals surface area contributed by atoms with Crippen molar-refractivity contribution in [1.82, 2.24) is 0 Å². The first-order valence-corrected chi connectivity index (χ1v) is 12.3. The van der Waals surface area contributed by atoms with Gasteiger partial charge in [0.2, 0.25) is 0 Å². The molecule has 0 aliphatic heterocycles. The molecular formula is C18H22O10S2. The molecule has 0 N–H and O–H groups in total. The van der Waals surface area contributed by atoms with Crippen LogP contribution in [0, 0.1) is 0 Å². The molecule has 0 spiro atoms. The van der Waals surface area contributed by atoms with Crippen LogP contribution in [0.2, 0.25) is 0 Å². The Bertz CT molecular complexity index is 923. The summed E-state index contributed by atoms with van der Waals surface area (Å²) in [5.74, 6) is -5.24. The topological polar surface area (TPSA) is 155 Å². The standard InChI is InChI=1S/C18H22O10S2/c1-13(19)27-17(21)7-9-29(23,24)11-15-3-5-16(6-4-15)12-30(25,26)10-8-18(22)28-14(2)20/h3-6H,7-12H2,1-2H3. The summed E-state index contributed by atoms with van der Waals surface area (Å²) in [4.78, 5) is 43.8. The lowest BCUT2D eigenvalue weighted by atomic mass is 10.2. The highest BCUT2D eigenvalue weighted by atomic mass is 32.2. The van der Waals surface area contributed by atoms with E-state index >= 15 is 0 Å². The fraction of sp³-hybridized carbons (Fsp3) is 0.444. The van der Waals surface area contributed by atoms with E-state index in [2.05, 4.69) is 9.47 Å². The lowest BCUT2D eigenvalue weighted by Crippen LogP contribution is -2.17. The number of carbonyl (C=O) groups excluding carboxylic acids is 4. The van der Waals surface area contributed by atoms with Gasteiger partial charge in [-0.2, -0.15) is 0 Å². The van der Waals surface area contributed by atoms with Crippen LogP contribution in [0.4, 0.5) is 0 Å². The first-order chi connectivity index (χ1) is 13.8.